The summed E-state index contributed by atoms with van der Waals surface area (Å²) in [6.07, 6.45) is 1.04. The van der Waals surface area contributed by atoms with E-state index in [1.165, 1.54) is 0 Å². The Hall–Kier alpha value is -2.99. The van der Waals surface area contributed by atoms with Crippen molar-refractivity contribution >= 4 is 5.91 Å². The second-order valence-corrected chi connectivity index (χ2v) is 6.42. The van der Waals surface area contributed by atoms with Gasteiger partial charge in [-0.25, -0.2) is 9.67 Å². The van der Waals surface area contributed by atoms with Gasteiger partial charge in [0.2, 0.25) is 5.82 Å². The molecule has 2 heterocycles. The molecule has 1 atom stereocenters. The zero-order valence-corrected chi connectivity index (χ0v) is 14.3. The molecule has 6 heteroatoms. The van der Waals surface area contributed by atoms with Gasteiger partial charge in [0.1, 0.15) is 0 Å². The lowest BCUT2D eigenvalue weighted by Crippen LogP contribution is -2.42. The zero-order valence-electron chi connectivity index (χ0n) is 14.3. The van der Waals surface area contributed by atoms with E-state index in [0.717, 1.165) is 24.1 Å². The van der Waals surface area contributed by atoms with E-state index in [1.807, 2.05) is 60.7 Å². The van der Waals surface area contributed by atoms with E-state index in [0.29, 0.717) is 18.9 Å². The summed E-state index contributed by atoms with van der Waals surface area (Å²) in [4.78, 5) is 19.0. The summed E-state index contributed by atoms with van der Waals surface area (Å²) >= 11 is 0. The van der Waals surface area contributed by atoms with Crippen molar-refractivity contribution in [2.24, 2.45) is 0 Å². The van der Waals surface area contributed by atoms with Gasteiger partial charge < -0.3 is 10.0 Å². The van der Waals surface area contributed by atoms with Crippen LogP contribution in [0.15, 0.2) is 60.7 Å². The molecule has 2 aromatic carbocycles. The molecule has 1 aliphatic rings. The SMILES string of the molecule is O=C(c1nc(-c2ccccc2)n(-c2ccccc2)n1)N1CCCC(O)C1. The molecule has 0 radical (unpaired) electrons. The predicted octanol–water partition coefficient (Wildman–Crippen LogP) is 2.53. The number of β-amino-alcohol motifs (C(OH)–C–C–N with tert-alkyl or cyclic N) is 1. The van der Waals surface area contributed by atoms with Crippen LogP contribution in [-0.4, -0.2) is 49.9 Å². The van der Waals surface area contributed by atoms with Crippen LogP contribution in [0.2, 0.25) is 0 Å². The number of amides is 1. The molecule has 1 aliphatic heterocycles. The molecule has 0 bridgehead atoms. The normalized spacial score (nSPS) is 17.3. The summed E-state index contributed by atoms with van der Waals surface area (Å²) in [7, 11) is 0. The second kappa shape index (κ2) is 7.09. The molecule has 1 amide bonds. The third-order valence-electron chi connectivity index (χ3n) is 4.51. The molecule has 1 unspecified atom stereocenters. The molecule has 0 aliphatic carbocycles. The van der Waals surface area contributed by atoms with Crippen LogP contribution in [0, 0.1) is 0 Å². The van der Waals surface area contributed by atoms with Gasteiger partial charge in [0.05, 0.1) is 11.8 Å². The Kier molecular flexibility index (Phi) is 4.50. The Morgan fingerprint density at radius 2 is 1.73 bits per heavy atom. The Morgan fingerprint density at radius 3 is 2.42 bits per heavy atom. The van der Waals surface area contributed by atoms with Crippen molar-refractivity contribution in [3.8, 4) is 17.1 Å². The van der Waals surface area contributed by atoms with Gasteiger partial charge in [0.25, 0.3) is 5.91 Å². The maximum absolute atomic E-state index is 12.8. The molecular weight excluding hydrogens is 328 g/mol. The van der Waals surface area contributed by atoms with Gasteiger partial charge in [-0.2, -0.15) is 0 Å². The molecule has 3 aromatic rings. The van der Waals surface area contributed by atoms with Crippen molar-refractivity contribution in [2.75, 3.05) is 13.1 Å². The number of aliphatic hydroxyl groups is 1. The number of rotatable bonds is 3. The van der Waals surface area contributed by atoms with E-state index in [4.69, 9.17) is 0 Å². The number of aromatic nitrogens is 3. The van der Waals surface area contributed by atoms with Gasteiger partial charge in [0, 0.05) is 18.7 Å². The van der Waals surface area contributed by atoms with E-state index in [2.05, 4.69) is 10.1 Å². The molecule has 1 saturated heterocycles. The highest BCUT2D eigenvalue weighted by molar-refractivity contribution is 5.91. The summed E-state index contributed by atoms with van der Waals surface area (Å²) < 4.78 is 1.70. The fourth-order valence-corrected chi connectivity index (χ4v) is 3.21. The van der Waals surface area contributed by atoms with Crippen molar-refractivity contribution in [3.63, 3.8) is 0 Å². The molecule has 1 N–H and O–H groups in total. The Bertz CT molecular complexity index is 836. The van der Waals surface area contributed by atoms with E-state index in [1.54, 1.807) is 9.58 Å². The summed E-state index contributed by atoms with van der Waals surface area (Å²) in [6.45, 7) is 0.954. The largest absolute Gasteiger partial charge is 0.391 e. The van der Waals surface area contributed by atoms with Gasteiger partial charge in [-0.15, -0.1) is 5.10 Å². The van der Waals surface area contributed by atoms with E-state index in [9.17, 15) is 9.90 Å². The average Bonchev–Trinajstić information content (AvgIpc) is 3.14. The average molecular weight is 348 g/mol. The maximum Gasteiger partial charge on any atom is 0.293 e. The summed E-state index contributed by atoms with van der Waals surface area (Å²) in [5.74, 6) is 0.537. The molecule has 6 nitrogen and oxygen atoms in total. The van der Waals surface area contributed by atoms with Crippen LogP contribution in [0.5, 0.6) is 0 Å². The number of carbonyl (C=O) groups is 1. The number of aliphatic hydroxyl groups excluding tert-OH is 1. The fourth-order valence-electron chi connectivity index (χ4n) is 3.21. The van der Waals surface area contributed by atoms with Crippen molar-refractivity contribution in [1.29, 1.82) is 0 Å². The Morgan fingerprint density at radius 1 is 1.04 bits per heavy atom. The monoisotopic (exact) mass is 348 g/mol. The standard InChI is InChI=1S/C20H20N4O2/c25-17-12-7-13-23(14-17)20(26)18-21-19(15-8-3-1-4-9-15)24(22-18)16-10-5-2-6-11-16/h1-6,8-11,17,25H,7,12-14H2. The first-order chi connectivity index (χ1) is 12.7. The van der Waals surface area contributed by atoms with Crippen LogP contribution in [-0.2, 0) is 0 Å². The van der Waals surface area contributed by atoms with Crippen LogP contribution < -0.4 is 0 Å². The van der Waals surface area contributed by atoms with Crippen molar-refractivity contribution < 1.29 is 9.90 Å². The van der Waals surface area contributed by atoms with Crippen LogP contribution in [0.1, 0.15) is 23.5 Å². The first-order valence-corrected chi connectivity index (χ1v) is 8.77. The lowest BCUT2D eigenvalue weighted by atomic mass is 10.1. The van der Waals surface area contributed by atoms with Gasteiger partial charge in [-0.05, 0) is 25.0 Å². The zero-order chi connectivity index (χ0) is 17.9. The van der Waals surface area contributed by atoms with Gasteiger partial charge in [-0.1, -0.05) is 48.5 Å². The van der Waals surface area contributed by atoms with E-state index >= 15 is 0 Å². The third-order valence-corrected chi connectivity index (χ3v) is 4.51. The van der Waals surface area contributed by atoms with Crippen molar-refractivity contribution in [1.82, 2.24) is 19.7 Å². The van der Waals surface area contributed by atoms with Crippen LogP contribution >= 0.6 is 0 Å². The summed E-state index contributed by atoms with van der Waals surface area (Å²) in [6, 6.07) is 19.3. The minimum Gasteiger partial charge on any atom is -0.391 e. The lowest BCUT2D eigenvalue weighted by molar-refractivity contribution is 0.0464. The van der Waals surface area contributed by atoms with E-state index < -0.39 is 6.10 Å². The predicted molar refractivity (Wildman–Crippen MR) is 97.9 cm³/mol. The van der Waals surface area contributed by atoms with Gasteiger partial charge in [0.15, 0.2) is 5.82 Å². The number of nitrogens with zero attached hydrogens (tertiary/aromatic N) is 4. The fraction of sp³-hybridized carbons (Fsp3) is 0.250. The summed E-state index contributed by atoms with van der Waals surface area (Å²) in [5.41, 5.74) is 1.73. The smallest absolute Gasteiger partial charge is 0.293 e. The molecule has 132 valence electrons. The molecule has 0 saturated carbocycles. The third kappa shape index (κ3) is 3.23. The van der Waals surface area contributed by atoms with Crippen molar-refractivity contribution in [2.45, 2.75) is 18.9 Å². The highest BCUT2D eigenvalue weighted by Gasteiger charge is 2.27. The molecule has 4 rings (SSSR count). The van der Waals surface area contributed by atoms with Gasteiger partial charge >= 0.3 is 0 Å². The first kappa shape index (κ1) is 16.5. The minimum atomic E-state index is -0.475. The molecule has 1 aromatic heterocycles. The van der Waals surface area contributed by atoms with Crippen LogP contribution in [0.25, 0.3) is 17.1 Å². The molecular formula is C20H20N4O2. The number of benzene rings is 2. The lowest BCUT2D eigenvalue weighted by Gasteiger charge is -2.29. The highest BCUT2D eigenvalue weighted by Crippen LogP contribution is 2.22. The number of piperidine rings is 1. The minimum absolute atomic E-state index is 0.154. The maximum atomic E-state index is 12.8. The van der Waals surface area contributed by atoms with E-state index in [-0.39, 0.29) is 11.7 Å². The topological polar surface area (TPSA) is 71.2 Å². The molecule has 1 fully saturated rings. The quantitative estimate of drug-likeness (QED) is 0.789. The number of likely N-dealkylation sites (tertiary alicyclic amines) is 1. The first-order valence-electron chi connectivity index (χ1n) is 8.77. The van der Waals surface area contributed by atoms with Crippen LogP contribution in [0.4, 0.5) is 0 Å². The highest BCUT2D eigenvalue weighted by atomic mass is 16.3. The van der Waals surface area contributed by atoms with Crippen molar-refractivity contribution in [3.05, 3.63) is 66.5 Å². The Balaban J connectivity index is 1.75. The number of para-hydroxylation sites is 1. The Labute approximate surface area is 151 Å². The van der Waals surface area contributed by atoms with Gasteiger partial charge in [-0.3, -0.25) is 4.79 Å². The number of hydrogen-bond acceptors (Lipinski definition) is 4. The molecule has 26 heavy (non-hydrogen) atoms. The summed E-state index contributed by atoms with van der Waals surface area (Å²) in [5, 5.41) is 14.3. The molecule has 0 spiro atoms. The number of carbonyl (C=O) groups excluding carboxylic acids is 1. The second-order valence-electron chi connectivity index (χ2n) is 6.42. The van der Waals surface area contributed by atoms with Crippen LogP contribution in [0.3, 0.4) is 0 Å². The number of hydrogen-bond donors (Lipinski definition) is 1.